The summed E-state index contributed by atoms with van der Waals surface area (Å²) in [5.41, 5.74) is 1.90. The predicted molar refractivity (Wildman–Crippen MR) is 111 cm³/mol. The van der Waals surface area contributed by atoms with Gasteiger partial charge in [-0.15, -0.1) is 0 Å². The first-order chi connectivity index (χ1) is 13.4. The Kier molecular flexibility index (Phi) is 6.31. The molecule has 2 atom stereocenters. The number of amides is 1. The second-order valence-electron chi connectivity index (χ2n) is 7.17. The van der Waals surface area contributed by atoms with Gasteiger partial charge in [0.15, 0.2) is 0 Å². The van der Waals surface area contributed by atoms with Gasteiger partial charge in [-0.3, -0.25) is 9.59 Å². The van der Waals surface area contributed by atoms with Crippen LogP contribution in [-0.2, 0) is 11.2 Å². The molecule has 0 aliphatic heterocycles. The number of hydrogen-bond donors (Lipinski definition) is 1. The molecule has 1 amide bonds. The number of nitrogens with zero attached hydrogens (tertiary/aromatic N) is 3. The molecule has 1 aliphatic rings. The summed E-state index contributed by atoms with van der Waals surface area (Å²) >= 11 is 6.22. The fourth-order valence-corrected chi connectivity index (χ4v) is 3.76. The molecule has 1 heterocycles. The Labute approximate surface area is 169 Å². The molecule has 0 saturated heterocycles. The standard InChI is InChI=1S/C21H25ClN4O2/c1-23-18-11-14(22)9-10-16(18)17-12-21(28)26(15-7-5-4-6-8-15)24-19(17)13-20(27)25(2)3/h4-8,11-12,16,18,23H,9-10,13H2,1-3H3. The summed E-state index contributed by atoms with van der Waals surface area (Å²) in [5.74, 6) is -0.0273. The van der Waals surface area contributed by atoms with Crippen molar-refractivity contribution in [2.45, 2.75) is 31.2 Å². The third kappa shape index (κ3) is 4.34. The van der Waals surface area contributed by atoms with Crippen molar-refractivity contribution in [3.63, 3.8) is 0 Å². The Morgan fingerprint density at radius 3 is 2.68 bits per heavy atom. The lowest BCUT2D eigenvalue weighted by Gasteiger charge is -2.30. The average Bonchev–Trinajstić information content (AvgIpc) is 2.69. The predicted octanol–water partition coefficient (Wildman–Crippen LogP) is 2.45. The van der Waals surface area contributed by atoms with E-state index in [9.17, 15) is 9.59 Å². The number of para-hydroxylation sites is 1. The summed E-state index contributed by atoms with van der Waals surface area (Å²) in [6.07, 6.45) is 3.66. The van der Waals surface area contributed by atoms with Crippen LogP contribution in [0.3, 0.4) is 0 Å². The number of nitrogens with one attached hydrogen (secondary N) is 1. The SMILES string of the molecule is CNC1C=C(Cl)CCC1c1cc(=O)n(-c2ccccc2)nc1CC(=O)N(C)C. The van der Waals surface area contributed by atoms with E-state index in [4.69, 9.17) is 11.6 Å². The van der Waals surface area contributed by atoms with Crippen LogP contribution >= 0.6 is 11.6 Å². The van der Waals surface area contributed by atoms with Crippen molar-refractivity contribution in [2.75, 3.05) is 21.1 Å². The van der Waals surface area contributed by atoms with Crippen molar-refractivity contribution in [1.29, 1.82) is 0 Å². The number of allylic oxidation sites excluding steroid dienone is 1. The summed E-state index contributed by atoms with van der Waals surface area (Å²) in [6.45, 7) is 0. The molecule has 148 valence electrons. The summed E-state index contributed by atoms with van der Waals surface area (Å²) < 4.78 is 1.36. The maximum atomic E-state index is 12.9. The van der Waals surface area contributed by atoms with Gasteiger partial charge in [-0.25, -0.2) is 0 Å². The van der Waals surface area contributed by atoms with Gasteiger partial charge in [0, 0.05) is 37.2 Å². The normalized spacial score (nSPS) is 19.2. The van der Waals surface area contributed by atoms with Crippen LogP contribution in [0.5, 0.6) is 0 Å². The molecular weight excluding hydrogens is 376 g/mol. The first-order valence-corrected chi connectivity index (χ1v) is 9.70. The smallest absolute Gasteiger partial charge is 0.271 e. The van der Waals surface area contributed by atoms with Gasteiger partial charge in [0.25, 0.3) is 5.56 Å². The number of likely N-dealkylation sites (N-methyl/N-ethyl adjacent to an activating group) is 2. The number of benzene rings is 1. The van der Waals surface area contributed by atoms with Gasteiger partial charge >= 0.3 is 0 Å². The van der Waals surface area contributed by atoms with E-state index in [1.54, 1.807) is 20.2 Å². The van der Waals surface area contributed by atoms with E-state index in [0.29, 0.717) is 11.4 Å². The van der Waals surface area contributed by atoms with Crippen LogP contribution in [0.15, 0.2) is 52.3 Å². The van der Waals surface area contributed by atoms with Gasteiger partial charge in [0.1, 0.15) is 0 Å². The zero-order chi connectivity index (χ0) is 20.3. The van der Waals surface area contributed by atoms with E-state index in [0.717, 1.165) is 23.4 Å². The number of halogens is 1. The van der Waals surface area contributed by atoms with Crippen LogP contribution in [-0.4, -0.2) is 47.8 Å². The molecule has 1 aromatic carbocycles. The molecule has 6 nitrogen and oxygen atoms in total. The highest BCUT2D eigenvalue weighted by Gasteiger charge is 2.29. The molecular formula is C21H25ClN4O2. The quantitative estimate of drug-likeness (QED) is 0.837. The summed E-state index contributed by atoms with van der Waals surface area (Å²) in [7, 11) is 5.30. The van der Waals surface area contributed by atoms with Gasteiger partial charge in [-0.2, -0.15) is 9.78 Å². The maximum absolute atomic E-state index is 12.9. The highest BCUT2D eigenvalue weighted by molar-refractivity contribution is 6.29. The minimum Gasteiger partial charge on any atom is -0.348 e. The number of hydrogen-bond acceptors (Lipinski definition) is 4. The topological polar surface area (TPSA) is 67.2 Å². The zero-order valence-corrected chi connectivity index (χ0v) is 17.1. The number of rotatable bonds is 5. The minimum absolute atomic E-state index is 0.0109. The molecule has 2 aromatic rings. The van der Waals surface area contributed by atoms with Gasteiger partial charge in [-0.1, -0.05) is 35.9 Å². The minimum atomic E-state index is -0.210. The van der Waals surface area contributed by atoms with E-state index in [-0.39, 0.29) is 29.8 Å². The highest BCUT2D eigenvalue weighted by atomic mass is 35.5. The molecule has 28 heavy (non-hydrogen) atoms. The molecule has 0 radical (unpaired) electrons. The first kappa shape index (κ1) is 20.3. The third-order valence-corrected chi connectivity index (χ3v) is 5.40. The van der Waals surface area contributed by atoms with Crippen molar-refractivity contribution in [3.05, 3.63) is 69.1 Å². The Morgan fingerprint density at radius 1 is 1.32 bits per heavy atom. The van der Waals surface area contributed by atoms with Crippen molar-refractivity contribution < 1.29 is 4.79 Å². The Morgan fingerprint density at radius 2 is 2.04 bits per heavy atom. The van der Waals surface area contributed by atoms with Crippen LogP contribution in [0.1, 0.15) is 30.0 Å². The Balaban J connectivity index is 2.12. The van der Waals surface area contributed by atoms with Crippen molar-refractivity contribution in [2.24, 2.45) is 0 Å². The monoisotopic (exact) mass is 400 g/mol. The lowest BCUT2D eigenvalue weighted by molar-refractivity contribution is -0.128. The summed E-state index contributed by atoms with van der Waals surface area (Å²) in [6, 6.07) is 10.9. The van der Waals surface area contributed by atoms with Crippen LogP contribution < -0.4 is 10.9 Å². The number of carbonyl (C=O) groups excluding carboxylic acids is 1. The van der Waals surface area contributed by atoms with E-state index in [2.05, 4.69) is 10.4 Å². The fourth-order valence-electron chi connectivity index (χ4n) is 3.52. The van der Waals surface area contributed by atoms with E-state index < -0.39 is 0 Å². The summed E-state index contributed by atoms with van der Waals surface area (Å²) in [4.78, 5) is 26.8. The zero-order valence-electron chi connectivity index (χ0n) is 16.4. The first-order valence-electron chi connectivity index (χ1n) is 9.33. The second-order valence-corrected chi connectivity index (χ2v) is 7.66. The van der Waals surface area contributed by atoms with Crippen molar-refractivity contribution in [1.82, 2.24) is 20.0 Å². The van der Waals surface area contributed by atoms with Gasteiger partial charge in [-0.05, 0) is 37.6 Å². The van der Waals surface area contributed by atoms with E-state index >= 15 is 0 Å². The van der Waals surface area contributed by atoms with E-state index in [1.165, 1.54) is 9.58 Å². The van der Waals surface area contributed by atoms with Crippen LogP contribution in [0, 0.1) is 0 Å². The second kappa shape index (κ2) is 8.71. The average molecular weight is 401 g/mol. The molecule has 0 bridgehead atoms. The lowest BCUT2D eigenvalue weighted by Crippen LogP contribution is -2.36. The third-order valence-electron chi connectivity index (χ3n) is 5.08. The molecule has 7 heteroatoms. The molecule has 1 N–H and O–H groups in total. The highest BCUT2D eigenvalue weighted by Crippen LogP contribution is 2.34. The molecule has 3 rings (SSSR count). The van der Waals surface area contributed by atoms with Gasteiger partial charge in [0.2, 0.25) is 5.91 Å². The Bertz CT molecular complexity index is 937. The maximum Gasteiger partial charge on any atom is 0.271 e. The fraction of sp³-hybridized carbons (Fsp3) is 0.381. The number of carbonyl (C=O) groups is 1. The van der Waals surface area contributed by atoms with Crippen LogP contribution in [0.2, 0.25) is 0 Å². The largest absolute Gasteiger partial charge is 0.348 e. The Hall–Kier alpha value is -2.44. The van der Waals surface area contributed by atoms with E-state index in [1.807, 2.05) is 43.5 Å². The molecule has 1 aliphatic carbocycles. The molecule has 0 fully saturated rings. The van der Waals surface area contributed by atoms with Crippen molar-refractivity contribution >= 4 is 17.5 Å². The lowest BCUT2D eigenvalue weighted by atomic mass is 9.82. The van der Waals surface area contributed by atoms with Crippen LogP contribution in [0.4, 0.5) is 0 Å². The van der Waals surface area contributed by atoms with Crippen molar-refractivity contribution in [3.8, 4) is 5.69 Å². The number of aromatic nitrogens is 2. The molecule has 1 aromatic heterocycles. The van der Waals surface area contributed by atoms with Crippen LogP contribution in [0.25, 0.3) is 5.69 Å². The molecule has 2 unspecified atom stereocenters. The van der Waals surface area contributed by atoms with Gasteiger partial charge < -0.3 is 10.2 Å². The molecule has 0 saturated carbocycles. The summed E-state index contributed by atoms with van der Waals surface area (Å²) in [5, 5.41) is 8.67. The van der Waals surface area contributed by atoms with Gasteiger partial charge in [0.05, 0.1) is 17.8 Å². The molecule has 0 spiro atoms.